The summed E-state index contributed by atoms with van der Waals surface area (Å²) in [4.78, 5) is 0. The number of hydrogen-bond acceptors (Lipinski definition) is 1. The molecule has 0 saturated carbocycles. The van der Waals surface area contributed by atoms with Gasteiger partial charge in [-0.2, -0.15) is 0 Å². The lowest BCUT2D eigenvalue weighted by Crippen LogP contribution is -2.18. The van der Waals surface area contributed by atoms with Crippen LogP contribution in [0.25, 0.3) is 0 Å². The molecule has 100 valence electrons. The molecule has 0 bridgehead atoms. The fraction of sp³-hybridized carbons (Fsp3) is 0.250. The van der Waals surface area contributed by atoms with E-state index in [0.717, 1.165) is 21.6 Å². The monoisotopic (exact) mass is 337 g/mol. The Kier molecular flexibility index (Phi) is 5.03. The summed E-state index contributed by atoms with van der Waals surface area (Å²) < 4.78 is 1.10. The number of halogens is 2. The maximum Gasteiger partial charge on any atom is 0.0453 e. The Morgan fingerprint density at radius 2 is 1.84 bits per heavy atom. The Bertz CT molecular complexity index is 551. The van der Waals surface area contributed by atoms with Crippen LogP contribution in [0.3, 0.4) is 0 Å². The van der Waals surface area contributed by atoms with Gasteiger partial charge in [-0.25, -0.2) is 0 Å². The highest BCUT2D eigenvalue weighted by molar-refractivity contribution is 9.10. The van der Waals surface area contributed by atoms with Crippen molar-refractivity contribution in [2.75, 3.05) is 0 Å². The Balaban J connectivity index is 2.00. The minimum atomic E-state index is 0.297. The first kappa shape index (κ1) is 14.6. The smallest absolute Gasteiger partial charge is 0.0453 e. The maximum absolute atomic E-state index is 6.23. The van der Waals surface area contributed by atoms with Crippen LogP contribution in [0.15, 0.2) is 46.9 Å². The first-order valence-electron chi connectivity index (χ1n) is 6.30. The van der Waals surface area contributed by atoms with Crippen LogP contribution in [0, 0.1) is 6.92 Å². The number of rotatable bonds is 4. The first-order chi connectivity index (χ1) is 9.06. The molecule has 0 saturated heterocycles. The van der Waals surface area contributed by atoms with Gasteiger partial charge in [0.05, 0.1) is 0 Å². The highest BCUT2D eigenvalue weighted by Crippen LogP contribution is 2.20. The van der Waals surface area contributed by atoms with E-state index in [9.17, 15) is 0 Å². The third-order valence-electron chi connectivity index (χ3n) is 3.18. The van der Waals surface area contributed by atoms with Crippen LogP contribution in [0.4, 0.5) is 0 Å². The van der Waals surface area contributed by atoms with Crippen LogP contribution >= 0.6 is 27.5 Å². The zero-order chi connectivity index (χ0) is 13.8. The van der Waals surface area contributed by atoms with Gasteiger partial charge in [0.15, 0.2) is 0 Å². The van der Waals surface area contributed by atoms with Gasteiger partial charge >= 0.3 is 0 Å². The molecule has 1 N–H and O–H groups in total. The molecule has 0 unspecified atom stereocenters. The SMILES string of the molecule is Cc1ccc(CN[C@@H](C)c2ccc(Br)cc2)c(Cl)c1. The van der Waals surface area contributed by atoms with E-state index in [2.05, 4.69) is 64.6 Å². The van der Waals surface area contributed by atoms with Crippen molar-refractivity contribution in [3.63, 3.8) is 0 Å². The van der Waals surface area contributed by atoms with E-state index in [1.807, 2.05) is 13.0 Å². The molecule has 0 heterocycles. The van der Waals surface area contributed by atoms with Crippen molar-refractivity contribution < 1.29 is 0 Å². The van der Waals surface area contributed by atoms with Crippen molar-refractivity contribution in [1.82, 2.24) is 5.32 Å². The fourth-order valence-corrected chi connectivity index (χ4v) is 2.49. The van der Waals surface area contributed by atoms with E-state index < -0.39 is 0 Å². The fourth-order valence-electron chi connectivity index (χ4n) is 1.93. The normalized spacial score (nSPS) is 12.4. The topological polar surface area (TPSA) is 12.0 Å². The van der Waals surface area contributed by atoms with E-state index in [4.69, 9.17) is 11.6 Å². The van der Waals surface area contributed by atoms with E-state index >= 15 is 0 Å². The lowest BCUT2D eigenvalue weighted by Gasteiger charge is -2.15. The molecule has 0 aliphatic rings. The van der Waals surface area contributed by atoms with Gasteiger partial charge in [-0.15, -0.1) is 0 Å². The molecule has 0 aromatic heterocycles. The molecule has 19 heavy (non-hydrogen) atoms. The molecule has 2 aromatic carbocycles. The Hall–Kier alpha value is -0.830. The zero-order valence-electron chi connectivity index (χ0n) is 11.1. The summed E-state index contributed by atoms with van der Waals surface area (Å²) in [6, 6.07) is 14.8. The zero-order valence-corrected chi connectivity index (χ0v) is 13.4. The van der Waals surface area contributed by atoms with Gasteiger partial charge in [0.1, 0.15) is 0 Å². The van der Waals surface area contributed by atoms with Gasteiger partial charge in [0.2, 0.25) is 0 Å². The summed E-state index contributed by atoms with van der Waals surface area (Å²) in [6.07, 6.45) is 0. The number of benzene rings is 2. The quantitative estimate of drug-likeness (QED) is 0.801. The van der Waals surface area contributed by atoms with E-state index in [-0.39, 0.29) is 0 Å². The van der Waals surface area contributed by atoms with Gasteiger partial charge in [-0.1, -0.05) is 51.8 Å². The summed E-state index contributed by atoms with van der Waals surface area (Å²) in [7, 11) is 0. The van der Waals surface area contributed by atoms with Crippen molar-refractivity contribution in [2.45, 2.75) is 26.4 Å². The molecule has 1 atom stereocenters. The van der Waals surface area contributed by atoms with Gasteiger partial charge < -0.3 is 5.32 Å². The number of hydrogen-bond donors (Lipinski definition) is 1. The summed E-state index contributed by atoms with van der Waals surface area (Å²) in [5, 5.41) is 4.32. The van der Waals surface area contributed by atoms with Crippen LogP contribution < -0.4 is 5.32 Å². The summed E-state index contributed by atoms with van der Waals surface area (Å²) in [5.74, 6) is 0. The van der Waals surface area contributed by atoms with Crippen LogP contribution in [0.5, 0.6) is 0 Å². The lowest BCUT2D eigenvalue weighted by atomic mass is 10.1. The molecule has 1 nitrogen and oxygen atoms in total. The summed E-state index contributed by atoms with van der Waals surface area (Å²) >= 11 is 9.68. The third kappa shape index (κ3) is 4.07. The van der Waals surface area contributed by atoms with Crippen molar-refractivity contribution in [3.05, 3.63) is 68.7 Å². The van der Waals surface area contributed by atoms with Crippen molar-refractivity contribution in [1.29, 1.82) is 0 Å². The molecule has 3 heteroatoms. The van der Waals surface area contributed by atoms with Gasteiger partial charge in [0, 0.05) is 22.1 Å². The van der Waals surface area contributed by atoms with Gasteiger partial charge in [0.25, 0.3) is 0 Å². The van der Waals surface area contributed by atoms with Crippen LogP contribution in [0.1, 0.15) is 29.7 Å². The second-order valence-electron chi connectivity index (χ2n) is 4.75. The molecule has 0 fully saturated rings. The summed E-state index contributed by atoms with van der Waals surface area (Å²) in [5.41, 5.74) is 3.59. The standard InChI is InChI=1S/C16H17BrClN/c1-11-3-4-14(16(18)9-11)10-19-12(2)13-5-7-15(17)8-6-13/h3-9,12,19H,10H2,1-2H3/t12-/m0/s1. The predicted molar refractivity (Wildman–Crippen MR) is 85.6 cm³/mol. The van der Waals surface area contributed by atoms with E-state index in [1.54, 1.807) is 0 Å². The van der Waals surface area contributed by atoms with E-state index in [1.165, 1.54) is 11.1 Å². The molecule has 2 rings (SSSR count). The molecular formula is C16H17BrClN. The molecular weight excluding hydrogens is 322 g/mol. The van der Waals surface area contributed by atoms with Crippen LogP contribution in [-0.2, 0) is 6.54 Å². The van der Waals surface area contributed by atoms with Crippen LogP contribution in [0.2, 0.25) is 5.02 Å². The Morgan fingerprint density at radius 1 is 1.16 bits per heavy atom. The molecule has 0 aliphatic heterocycles. The third-order valence-corrected chi connectivity index (χ3v) is 4.06. The molecule has 0 spiro atoms. The molecule has 0 amide bonds. The largest absolute Gasteiger partial charge is 0.306 e. The minimum absolute atomic E-state index is 0.297. The molecule has 0 aliphatic carbocycles. The van der Waals surface area contributed by atoms with Crippen molar-refractivity contribution in [2.24, 2.45) is 0 Å². The highest BCUT2D eigenvalue weighted by Gasteiger charge is 2.06. The minimum Gasteiger partial charge on any atom is -0.306 e. The second-order valence-corrected chi connectivity index (χ2v) is 6.07. The number of aryl methyl sites for hydroxylation is 1. The second kappa shape index (κ2) is 6.56. The van der Waals surface area contributed by atoms with E-state index in [0.29, 0.717) is 6.04 Å². The van der Waals surface area contributed by atoms with Crippen molar-refractivity contribution in [3.8, 4) is 0 Å². The highest BCUT2D eigenvalue weighted by atomic mass is 79.9. The Labute approximate surface area is 128 Å². The molecule has 0 radical (unpaired) electrons. The van der Waals surface area contributed by atoms with Gasteiger partial charge in [-0.3, -0.25) is 0 Å². The number of nitrogens with one attached hydrogen (secondary N) is 1. The average Bonchev–Trinajstić information content (AvgIpc) is 2.38. The lowest BCUT2D eigenvalue weighted by molar-refractivity contribution is 0.574. The average molecular weight is 339 g/mol. The van der Waals surface area contributed by atoms with Crippen molar-refractivity contribution >= 4 is 27.5 Å². The molecule has 2 aromatic rings. The predicted octanol–water partition coefficient (Wildman–Crippen LogP) is 5.26. The van der Waals surface area contributed by atoms with Crippen LogP contribution in [-0.4, -0.2) is 0 Å². The first-order valence-corrected chi connectivity index (χ1v) is 7.47. The Morgan fingerprint density at radius 3 is 2.47 bits per heavy atom. The summed E-state index contributed by atoms with van der Waals surface area (Å²) in [6.45, 7) is 4.98. The maximum atomic E-state index is 6.23. The van der Waals surface area contributed by atoms with Gasteiger partial charge in [-0.05, 0) is 48.7 Å².